The third kappa shape index (κ3) is 3.39. The largest absolute Gasteiger partial charge is 0.294 e. The van der Waals surface area contributed by atoms with E-state index in [1.807, 2.05) is 0 Å². The van der Waals surface area contributed by atoms with E-state index >= 15 is 0 Å². The van der Waals surface area contributed by atoms with Crippen LogP contribution in [0.2, 0.25) is 5.02 Å². The predicted octanol–water partition coefficient (Wildman–Crippen LogP) is 4.81. The van der Waals surface area contributed by atoms with Crippen molar-refractivity contribution >= 4 is 33.3 Å². The molecule has 2 rings (SSSR count). The average molecular weight is 346 g/mol. The molecule has 0 heterocycles. The average Bonchev–Trinajstić information content (AvgIpc) is 2.33. The maximum atomic E-state index is 13.6. The zero-order chi connectivity index (χ0) is 14.0. The summed E-state index contributed by atoms with van der Waals surface area (Å²) in [5, 5.41) is 0.235. The Labute approximate surface area is 122 Å². The molecule has 0 aliphatic heterocycles. The molecule has 2 aromatic carbocycles. The van der Waals surface area contributed by atoms with Crippen LogP contribution in [0.3, 0.4) is 0 Å². The van der Waals surface area contributed by atoms with Crippen LogP contribution in [-0.2, 0) is 6.42 Å². The lowest BCUT2D eigenvalue weighted by atomic mass is 10.0. The number of hydrogen-bond acceptors (Lipinski definition) is 1. The van der Waals surface area contributed by atoms with Gasteiger partial charge in [-0.15, -0.1) is 0 Å². The molecule has 0 spiro atoms. The minimum absolute atomic E-state index is 0.00255. The summed E-state index contributed by atoms with van der Waals surface area (Å²) in [7, 11) is 0. The number of carbonyl (C=O) groups excluding carboxylic acids is 1. The first kappa shape index (κ1) is 14.2. The highest BCUT2D eigenvalue weighted by Gasteiger charge is 2.13. The van der Waals surface area contributed by atoms with Gasteiger partial charge < -0.3 is 0 Å². The van der Waals surface area contributed by atoms with Crippen LogP contribution in [0.5, 0.6) is 0 Å². The van der Waals surface area contributed by atoms with Crippen molar-refractivity contribution in [2.45, 2.75) is 6.42 Å². The molecule has 0 unspecified atom stereocenters. The molecule has 0 bridgehead atoms. The minimum atomic E-state index is -0.654. The molecule has 2 aromatic rings. The van der Waals surface area contributed by atoms with Crippen molar-refractivity contribution < 1.29 is 13.6 Å². The third-order valence-corrected chi connectivity index (χ3v) is 3.42. The summed E-state index contributed by atoms with van der Waals surface area (Å²) in [5.41, 5.74) is 0.581. The van der Waals surface area contributed by atoms with Gasteiger partial charge in [-0.2, -0.15) is 0 Å². The molecule has 0 aliphatic rings. The molecular weight excluding hydrogens is 338 g/mol. The van der Waals surface area contributed by atoms with Crippen molar-refractivity contribution in [3.05, 3.63) is 68.7 Å². The molecule has 98 valence electrons. The van der Waals surface area contributed by atoms with E-state index in [1.165, 1.54) is 30.3 Å². The zero-order valence-electron chi connectivity index (χ0n) is 9.59. The second-order valence-corrected chi connectivity index (χ2v) is 5.26. The van der Waals surface area contributed by atoms with E-state index in [0.717, 1.165) is 6.07 Å². The fourth-order valence-corrected chi connectivity index (χ4v) is 2.23. The van der Waals surface area contributed by atoms with Crippen molar-refractivity contribution in [1.82, 2.24) is 0 Å². The number of benzene rings is 2. The van der Waals surface area contributed by atoms with Gasteiger partial charge in [-0.1, -0.05) is 17.7 Å². The second-order valence-electron chi connectivity index (χ2n) is 3.97. The van der Waals surface area contributed by atoms with E-state index in [2.05, 4.69) is 15.9 Å². The van der Waals surface area contributed by atoms with Gasteiger partial charge in [0.2, 0.25) is 0 Å². The molecule has 0 radical (unpaired) electrons. The van der Waals surface area contributed by atoms with Crippen LogP contribution < -0.4 is 0 Å². The summed E-state index contributed by atoms with van der Waals surface area (Å²) in [6.45, 7) is 0. The van der Waals surface area contributed by atoms with Crippen molar-refractivity contribution in [3.63, 3.8) is 0 Å². The first-order valence-corrected chi connectivity index (χ1v) is 6.56. The summed E-state index contributed by atoms with van der Waals surface area (Å²) in [4.78, 5) is 12.0. The maximum Gasteiger partial charge on any atom is 0.170 e. The zero-order valence-corrected chi connectivity index (χ0v) is 11.9. The Morgan fingerprint density at radius 3 is 2.47 bits per heavy atom. The van der Waals surface area contributed by atoms with E-state index in [1.54, 1.807) is 0 Å². The second kappa shape index (κ2) is 5.80. The Kier molecular flexibility index (Phi) is 4.32. The Hall–Kier alpha value is -1.26. The molecular formula is C14H8BrClF2O. The molecule has 0 atom stereocenters. The molecule has 5 heteroatoms. The van der Waals surface area contributed by atoms with E-state index in [9.17, 15) is 13.6 Å². The highest BCUT2D eigenvalue weighted by molar-refractivity contribution is 9.10. The van der Waals surface area contributed by atoms with Crippen LogP contribution in [-0.4, -0.2) is 5.78 Å². The van der Waals surface area contributed by atoms with E-state index < -0.39 is 11.6 Å². The van der Waals surface area contributed by atoms with E-state index in [4.69, 9.17) is 11.6 Å². The molecule has 0 saturated heterocycles. The monoisotopic (exact) mass is 344 g/mol. The third-order valence-electron chi connectivity index (χ3n) is 2.58. The smallest absolute Gasteiger partial charge is 0.170 e. The van der Waals surface area contributed by atoms with Crippen molar-refractivity contribution in [2.75, 3.05) is 0 Å². The van der Waals surface area contributed by atoms with Gasteiger partial charge >= 0.3 is 0 Å². The normalized spacial score (nSPS) is 10.5. The van der Waals surface area contributed by atoms with Crippen molar-refractivity contribution in [3.8, 4) is 0 Å². The summed E-state index contributed by atoms with van der Waals surface area (Å²) in [6, 6.07) is 8.14. The molecule has 0 fully saturated rings. The Morgan fingerprint density at radius 1 is 1.11 bits per heavy atom. The maximum absolute atomic E-state index is 13.6. The molecule has 1 nitrogen and oxygen atoms in total. The Balaban J connectivity index is 2.23. The molecule has 0 N–H and O–H groups in total. The lowest BCUT2D eigenvalue weighted by molar-refractivity contribution is 0.0989. The van der Waals surface area contributed by atoms with Crippen LogP contribution in [0.15, 0.2) is 40.9 Å². The van der Waals surface area contributed by atoms with Gasteiger partial charge in [-0.25, -0.2) is 8.78 Å². The molecule has 19 heavy (non-hydrogen) atoms. The molecule has 0 aromatic heterocycles. The van der Waals surface area contributed by atoms with Gasteiger partial charge in [0.05, 0.1) is 10.0 Å². The van der Waals surface area contributed by atoms with E-state index in [-0.39, 0.29) is 27.3 Å². The van der Waals surface area contributed by atoms with Gasteiger partial charge in [0.1, 0.15) is 11.6 Å². The topological polar surface area (TPSA) is 17.1 Å². The quantitative estimate of drug-likeness (QED) is 0.730. The van der Waals surface area contributed by atoms with E-state index in [0.29, 0.717) is 5.56 Å². The molecule has 0 saturated carbocycles. The first-order valence-electron chi connectivity index (χ1n) is 5.39. The van der Waals surface area contributed by atoms with Gasteiger partial charge in [-0.3, -0.25) is 4.79 Å². The SMILES string of the molecule is O=C(Cc1ccc(F)c(Br)c1)c1ccc(Cl)cc1F. The summed E-state index contributed by atoms with van der Waals surface area (Å²) < 4.78 is 26.9. The predicted molar refractivity (Wildman–Crippen MR) is 73.5 cm³/mol. The van der Waals surface area contributed by atoms with Gasteiger partial charge in [-0.05, 0) is 51.8 Å². The number of ketones is 1. The number of rotatable bonds is 3. The van der Waals surface area contributed by atoms with Gasteiger partial charge in [0.15, 0.2) is 5.78 Å². The fourth-order valence-electron chi connectivity index (χ4n) is 1.65. The number of hydrogen-bond donors (Lipinski definition) is 0. The van der Waals surface area contributed by atoms with Crippen LogP contribution in [0, 0.1) is 11.6 Å². The van der Waals surface area contributed by atoms with Crippen LogP contribution in [0.4, 0.5) is 8.78 Å². The highest BCUT2D eigenvalue weighted by atomic mass is 79.9. The number of carbonyl (C=O) groups is 1. The minimum Gasteiger partial charge on any atom is -0.294 e. The lowest BCUT2D eigenvalue weighted by Crippen LogP contribution is -2.06. The molecule has 0 aliphatic carbocycles. The Morgan fingerprint density at radius 2 is 1.84 bits per heavy atom. The fraction of sp³-hybridized carbons (Fsp3) is 0.0714. The number of Topliss-reactive ketones (excluding diaryl/α,β-unsaturated/α-hetero) is 1. The van der Waals surface area contributed by atoms with Crippen LogP contribution in [0.1, 0.15) is 15.9 Å². The summed E-state index contributed by atoms with van der Waals surface area (Å²) in [6.07, 6.45) is -0.00255. The summed E-state index contributed by atoms with van der Waals surface area (Å²) in [5.74, 6) is -1.44. The molecule has 0 amide bonds. The van der Waals surface area contributed by atoms with Crippen LogP contribution in [0.25, 0.3) is 0 Å². The number of halogens is 4. The Bertz CT molecular complexity index is 643. The van der Waals surface area contributed by atoms with Crippen molar-refractivity contribution in [1.29, 1.82) is 0 Å². The first-order chi connectivity index (χ1) is 8.97. The van der Waals surface area contributed by atoms with Crippen LogP contribution >= 0.6 is 27.5 Å². The van der Waals surface area contributed by atoms with Gasteiger partial charge in [0.25, 0.3) is 0 Å². The highest BCUT2D eigenvalue weighted by Crippen LogP contribution is 2.20. The van der Waals surface area contributed by atoms with Gasteiger partial charge in [0, 0.05) is 11.4 Å². The summed E-state index contributed by atoms with van der Waals surface area (Å²) >= 11 is 8.66. The van der Waals surface area contributed by atoms with Crippen molar-refractivity contribution in [2.24, 2.45) is 0 Å². The lowest BCUT2D eigenvalue weighted by Gasteiger charge is -2.04. The standard InChI is InChI=1S/C14H8BrClF2O/c15-11-5-8(1-4-12(11)17)6-14(19)10-3-2-9(16)7-13(10)18/h1-5,7H,6H2.